The molecular formula is C14H24O3. The Balaban J connectivity index is 2.22. The number of aliphatic hydroxyl groups is 1. The van der Waals surface area contributed by atoms with Crippen LogP contribution in [0.3, 0.4) is 0 Å². The highest BCUT2D eigenvalue weighted by atomic mass is 16.6. The summed E-state index contributed by atoms with van der Waals surface area (Å²) in [5.41, 5.74) is 0.946. The summed E-state index contributed by atoms with van der Waals surface area (Å²) in [6.07, 6.45) is 9.38. The van der Waals surface area contributed by atoms with E-state index in [1.807, 2.05) is 12.2 Å². The summed E-state index contributed by atoms with van der Waals surface area (Å²) >= 11 is 0. The Hall–Kier alpha value is -0.800. The van der Waals surface area contributed by atoms with Crippen LogP contribution in [-0.2, 0) is 9.47 Å². The molecule has 17 heavy (non-hydrogen) atoms. The second-order valence-corrected chi connectivity index (χ2v) is 4.36. The van der Waals surface area contributed by atoms with Gasteiger partial charge in [0.25, 0.3) is 0 Å². The molecule has 0 aromatic carbocycles. The van der Waals surface area contributed by atoms with Gasteiger partial charge >= 0.3 is 0 Å². The molecule has 0 radical (unpaired) electrons. The molecule has 0 aromatic rings. The van der Waals surface area contributed by atoms with E-state index >= 15 is 0 Å². The Morgan fingerprint density at radius 2 is 2.06 bits per heavy atom. The number of methoxy groups -OCH3 is 1. The van der Waals surface area contributed by atoms with E-state index in [0.29, 0.717) is 6.61 Å². The zero-order valence-corrected chi connectivity index (χ0v) is 10.9. The van der Waals surface area contributed by atoms with Crippen molar-refractivity contribution >= 4 is 0 Å². The molecule has 1 aliphatic carbocycles. The van der Waals surface area contributed by atoms with Gasteiger partial charge in [-0.05, 0) is 24.5 Å². The molecule has 0 amide bonds. The van der Waals surface area contributed by atoms with Gasteiger partial charge in [-0.1, -0.05) is 32.3 Å². The molecule has 1 rings (SSSR count). The van der Waals surface area contributed by atoms with Crippen LogP contribution in [0.2, 0.25) is 0 Å². The largest absolute Gasteiger partial charge is 0.501 e. The van der Waals surface area contributed by atoms with Crippen LogP contribution >= 0.6 is 0 Å². The molecule has 0 saturated heterocycles. The lowest BCUT2D eigenvalue weighted by atomic mass is 10.0. The third-order valence-electron chi connectivity index (χ3n) is 3.00. The summed E-state index contributed by atoms with van der Waals surface area (Å²) in [5, 5.41) is 9.83. The van der Waals surface area contributed by atoms with Crippen LogP contribution in [0.15, 0.2) is 23.5 Å². The first kappa shape index (κ1) is 14.3. The summed E-state index contributed by atoms with van der Waals surface area (Å²) in [7, 11) is 1.67. The molecule has 1 atom stereocenters. The topological polar surface area (TPSA) is 38.7 Å². The maximum absolute atomic E-state index is 9.83. The summed E-state index contributed by atoms with van der Waals surface area (Å²) in [6, 6.07) is 0. The molecule has 3 heteroatoms. The van der Waals surface area contributed by atoms with Crippen molar-refractivity contribution in [3.8, 4) is 0 Å². The van der Waals surface area contributed by atoms with Crippen LogP contribution in [0.1, 0.15) is 45.4 Å². The lowest BCUT2D eigenvalue weighted by Gasteiger charge is -2.19. The van der Waals surface area contributed by atoms with E-state index in [0.717, 1.165) is 30.6 Å². The van der Waals surface area contributed by atoms with Crippen molar-refractivity contribution in [2.45, 2.75) is 51.7 Å². The molecule has 0 spiro atoms. The minimum absolute atomic E-state index is 0.638. The van der Waals surface area contributed by atoms with Gasteiger partial charge in [-0.2, -0.15) is 0 Å². The average molecular weight is 240 g/mol. The van der Waals surface area contributed by atoms with Crippen LogP contribution in [0.4, 0.5) is 0 Å². The third-order valence-corrected chi connectivity index (χ3v) is 3.00. The quantitative estimate of drug-likeness (QED) is 0.523. The highest BCUT2D eigenvalue weighted by Crippen LogP contribution is 2.21. The van der Waals surface area contributed by atoms with Gasteiger partial charge in [0.15, 0.2) is 6.29 Å². The third kappa shape index (κ3) is 5.37. The molecule has 1 N–H and O–H groups in total. The van der Waals surface area contributed by atoms with E-state index in [2.05, 4.69) is 6.92 Å². The van der Waals surface area contributed by atoms with E-state index in [4.69, 9.17) is 9.47 Å². The second-order valence-electron chi connectivity index (χ2n) is 4.36. The van der Waals surface area contributed by atoms with E-state index in [9.17, 15) is 5.11 Å². The number of rotatable bonds is 8. The molecule has 0 heterocycles. The van der Waals surface area contributed by atoms with E-state index in [-0.39, 0.29) is 0 Å². The zero-order valence-electron chi connectivity index (χ0n) is 10.9. The number of hydrogen-bond donors (Lipinski definition) is 1. The predicted molar refractivity (Wildman–Crippen MR) is 68.5 cm³/mol. The lowest BCUT2D eigenvalue weighted by molar-refractivity contribution is -0.0752. The molecule has 0 aliphatic heterocycles. The Morgan fingerprint density at radius 1 is 1.24 bits per heavy atom. The van der Waals surface area contributed by atoms with Crippen molar-refractivity contribution in [1.82, 2.24) is 0 Å². The Labute approximate surface area is 104 Å². The zero-order chi connectivity index (χ0) is 12.5. The van der Waals surface area contributed by atoms with Gasteiger partial charge in [-0.25, -0.2) is 0 Å². The van der Waals surface area contributed by atoms with Gasteiger partial charge in [0.05, 0.1) is 19.5 Å². The summed E-state index contributed by atoms with van der Waals surface area (Å²) in [5.74, 6) is 0.962. The molecule has 3 nitrogen and oxygen atoms in total. The van der Waals surface area contributed by atoms with Crippen molar-refractivity contribution in [3.63, 3.8) is 0 Å². The lowest BCUT2D eigenvalue weighted by Crippen LogP contribution is -2.17. The van der Waals surface area contributed by atoms with Crippen LogP contribution in [0.5, 0.6) is 0 Å². The number of ether oxygens (including phenoxy) is 2. The SMILES string of the molecule is CCCCCCOC(O)C1=CC=C(OC)CC1. The smallest absolute Gasteiger partial charge is 0.177 e. The second kappa shape index (κ2) is 8.31. The van der Waals surface area contributed by atoms with E-state index < -0.39 is 6.29 Å². The fourth-order valence-electron chi connectivity index (χ4n) is 1.84. The summed E-state index contributed by atoms with van der Waals surface area (Å²) in [4.78, 5) is 0. The van der Waals surface area contributed by atoms with Gasteiger partial charge < -0.3 is 14.6 Å². The average Bonchev–Trinajstić information content (AvgIpc) is 2.38. The van der Waals surface area contributed by atoms with Crippen molar-refractivity contribution in [1.29, 1.82) is 0 Å². The first-order valence-electron chi connectivity index (χ1n) is 6.51. The Morgan fingerprint density at radius 3 is 2.65 bits per heavy atom. The van der Waals surface area contributed by atoms with Crippen molar-refractivity contribution in [3.05, 3.63) is 23.5 Å². The van der Waals surface area contributed by atoms with Gasteiger partial charge in [0.2, 0.25) is 0 Å². The molecule has 0 bridgehead atoms. The van der Waals surface area contributed by atoms with Crippen LogP contribution in [0, 0.1) is 0 Å². The molecule has 1 unspecified atom stereocenters. The number of aliphatic hydroxyl groups excluding tert-OH is 1. The van der Waals surface area contributed by atoms with E-state index in [1.54, 1.807) is 7.11 Å². The van der Waals surface area contributed by atoms with Gasteiger partial charge in [-0.3, -0.25) is 0 Å². The monoisotopic (exact) mass is 240 g/mol. The predicted octanol–water partition coefficient (Wildman–Crippen LogP) is 3.15. The van der Waals surface area contributed by atoms with Crippen molar-refractivity contribution < 1.29 is 14.6 Å². The molecular weight excluding hydrogens is 216 g/mol. The molecule has 98 valence electrons. The number of unbranched alkanes of at least 4 members (excludes halogenated alkanes) is 3. The van der Waals surface area contributed by atoms with Gasteiger partial charge in [-0.15, -0.1) is 0 Å². The van der Waals surface area contributed by atoms with Gasteiger partial charge in [0, 0.05) is 6.42 Å². The first-order valence-corrected chi connectivity index (χ1v) is 6.51. The van der Waals surface area contributed by atoms with Crippen LogP contribution < -0.4 is 0 Å². The minimum atomic E-state index is -0.744. The highest BCUT2D eigenvalue weighted by molar-refractivity contribution is 5.22. The summed E-state index contributed by atoms with van der Waals surface area (Å²) < 4.78 is 10.6. The molecule has 1 aliphatic rings. The van der Waals surface area contributed by atoms with Crippen LogP contribution in [0.25, 0.3) is 0 Å². The molecule has 0 fully saturated rings. The fourth-order valence-corrected chi connectivity index (χ4v) is 1.84. The minimum Gasteiger partial charge on any atom is -0.501 e. The molecule has 0 saturated carbocycles. The van der Waals surface area contributed by atoms with Crippen LogP contribution in [-0.4, -0.2) is 25.1 Å². The van der Waals surface area contributed by atoms with Crippen molar-refractivity contribution in [2.24, 2.45) is 0 Å². The Kier molecular flexibility index (Phi) is 6.97. The Bertz CT molecular complexity index is 269. The first-order chi connectivity index (χ1) is 8.27. The van der Waals surface area contributed by atoms with Crippen molar-refractivity contribution in [2.75, 3.05) is 13.7 Å². The normalized spacial score (nSPS) is 17.4. The maximum atomic E-state index is 9.83. The highest BCUT2D eigenvalue weighted by Gasteiger charge is 2.14. The molecule has 0 aromatic heterocycles. The summed E-state index contributed by atoms with van der Waals surface area (Å²) in [6.45, 7) is 2.82. The maximum Gasteiger partial charge on any atom is 0.177 e. The number of allylic oxidation sites excluding steroid dienone is 3. The standard InChI is InChI=1S/C14H24O3/c1-3-4-5-6-11-17-14(15)12-7-9-13(16-2)10-8-12/h7,9,14-15H,3-6,8,10-11H2,1-2H3. The van der Waals surface area contributed by atoms with Gasteiger partial charge in [0.1, 0.15) is 0 Å². The van der Waals surface area contributed by atoms with E-state index in [1.165, 1.54) is 19.3 Å². The fraction of sp³-hybridized carbons (Fsp3) is 0.714. The number of hydrogen-bond acceptors (Lipinski definition) is 3.